The average Bonchev–Trinajstić information content (AvgIpc) is 2.15. The fourth-order valence-electron chi connectivity index (χ4n) is 1.98. The summed E-state index contributed by atoms with van der Waals surface area (Å²) >= 11 is 0. The minimum Gasteiger partial charge on any atom is -0.494 e. The zero-order valence-electron chi connectivity index (χ0n) is 8.92. The maximum Gasteiger partial charge on any atom is 0.131 e. The van der Waals surface area contributed by atoms with Crippen LogP contribution < -0.4 is 10.5 Å². The Morgan fingerprint density at radius 1 is 1.47 bits per heavy atom. The van der Waals surface area contributed by atoms with Gasteiger partial charge >= 0.3 is 0 Å². The molecule has 1 saturated carbocycles. The molecule has 1 aliphatic rings. The Hall–Kier alpha value is -1.09. The summed E-state index contributed by atoms with van der Waals surface area (Å²) in [4.78, 5) is 0. The highest BCUT2D eigenvalue weighted by atomic mass is 19.1. The molecule has 3 heteroatoms. The van der Waals surface area contributed by atoms with E-state index in [9.17, 15) is 4.39 Å². The third-order valence-corrected chi connectivity index (χ3v) is 3.03. The number of halogens is 1. The van der Waals surface area contributed by atoms with Gasteiger partial charge in [0.05, 0.1) is 6.61 Å². The molecule has 0 spiro atoms. The van der Waals surface area contributed by atoms with Crippen LogP contribution in [0, 0.1) is 5.82 Å². The van der Waals surface area contributed by atoms with Gasteiger partial charge in [0.2, 0.25) is 0 Å². The molecule has 1 fully saturated rings. The Morgan fingerprint density at radius 2 is 2.20 bits per heavy atom. The minimum absolute atomic E-state index is 0.247. The van der Waals surface area contributed by atoms with Crippen molar-refractivity contribution in [2.75, 3.05) is 6.61 Å². The number of benzene rings is 1. The van der Waals surface area contributed by atoms with Crippen molar-refractivity contribution in [3.63, 3.8) is 0 Å². The second-order valence-electron chi connectivity index (χ2n) is 4.08. The van der Waals surface area contributed by atoms with Gasteiger partial charge < -0.3 is 10.5 Å². The Labute approximate surface area is 89.2 Å². The van der Waals surface area contributed by atoms with E-state index in [0.717, 1.165) is 19.3 Å². The first kappa shape index (κ1) is 10.4. The predicted molar refractivity (Wildman–Crippen MR) is 57.3 cm³/mol. The minimum atomic E-state index is -0.436. The summed E-state index contributed by atoms with van der Waals surface area (Å²) in [7, 11) is 0. The topological polar surface area (TPSA) is 35.2 Å². The van der Waals surface area contributed by atoms with Gasteiger partial charge in [0.25, 0.3) is 0 Å². The predicted octanol–water partition coefficient (Wildman–Crippen LogP) is 2.56. The second kappa shape index (κ2) is 3.81. The van der Waals surface area contributed by atoms with Crippen LogP contribution in [-0.2, 0) is 5.54 Å². The molecule has 0 aromatic heterocycles. The summed E-state index contributed by atoms with van der Waals surface area (Å²) in [5.41, 5.74) is 6.25. The normalized spacial score (nSPS) is 18.3. The third kappa shape index (κ3) is 1.84. The average molecular weight is 209 g/mol. The molecule has 0 bridgehead atoms. The van der Waals surface area contributed by atoms with Gasteiger partial charge in [0.15, 0.2) is 0 Å². The molecule has 2 nitrogen and oxygen atoms in total. The maximum atomic E-state index is 13.7. The van der Waals surface area contributed by atoms with E-state index in [0.29, 0.717) is 17.9 Å². The Balaban J connectivity index is 2.26. The van der Waals surface area contributed by atoms with Gasteiger partial charge in [-0.2, -0.15) is 0 Å². The fourth-order valence-corrected chi connectivity index (χ4v) is 1.98. The Morgan fingerprint density at radius 3 is 2.67 bits per heavy atom. The molecule has 0 aliphatic heterocycles. The molecule has 82 valence electrons. The summed E-state index contributed by atoms with van der Waals surface area (Å²) in [5.74, 6) is 0.324. The first-order valence-corrected chi connectivity index (χ1v) is 5.37. The number of nitrogens with two attached hydrogens (primary N) is 1. The van der Waals surface area contributed by atoms with Crippen LogP contribution in [-0.4, -0.2) is 6.61 Å². The van der Waals surface area contributed by atoms with Crippen LogP contribution >= 0.6 is 0 Å². The van der Waals surface area contributed by atoms with Crippen LogP contribution in [0.5, 0.6) is 5.75 Å². The Kier molecular flexibility index (Phi) is 2.65. The first-order chi connectivity index (χ1) is 7.15. The molecule has 2 rings (SSSR count). The van der Waals surface area contributed by atoms with Crippen LogP contribution in [0.25, 0.3) is 0 Å². The Bertz CT molecular complexity index is 361. The molecule has 0 unspecified atom stereocenters. The standard InChI is InChI=1S/C12H16FNO/c1-2-15-9-4-5-10(11(13)8-9)12(14)6-3-7-12/h4-5,8H,2-3,6-7,14H2,1H3. The summed E-state index contributed by atoms with van der Waals surface area (Å²) in [6.07, 6.45) is 2.83. The lowest BCUT2D eigenvalue weighted by Crippen LogP contribution is -2.44. The van der Waals surface area contributed by atoms with E-state index in [1.807, 2.05) is 6.92 Å². The summed E-state index contributed by atoms with van der Waals surface area (Å²) in [5, 5.41) is 0. The molecular weight excluding hydrogens is 193 g/mol. The van der Waals surface area contributed by atoms with E-state index in [-0.39, 0.29) is 5.82 Å². The molecule has 1 aliphatic carbocycles. The van der Waals surface area contributed by atoms with E-state index in [1.54, 1.807) is 12.1 Å². The van der Waals surface area contributed by atoms with Crippen molar-refractivity contribution in [1.82, 2.24) is 0 Å². The largest absolute Gasteiger partial charge is 0.494 e. The van der Waals surface area contributed by atoms with Crippen LogP contribution in [0.4, 0.5) is 4.39 Å². The van der Waals surface area contributed by atoms with Crippen LogP contribution in [0.15, 0.2) is 18.2 Å². The van der Waals surface area contributed by atoms with Gasteiger partial charge in [-0.1, -0.05) is 6.07 Å². The van der Waals surface area contributed by atoms with E-state index < -0.39 is 5.54 Å². The van der Waals surface area contributed by atoms with Gasteiger partial charge in [0, 0.05) is 17.2 Å². The van der Waals surface area contributed by atoms with Gasteiger partial charge in [-0.25, -0.2) is 4.39 Å². The first-order valence-electron chi connectivity index (χ1n) is 5.37. The second-order valence-corrected chi connectivity index (χ2v) is 4.08. The quantitative estimate of drug-likeness (QED) is 0.830. The van der Waals surface area contributed by atoms with Crippen LogP contribution in [0.1, 0.15) is 31.7 Å². The lowest BCUT2D eigenvalue weighted by molar-refractivity contribution is 0.244. The molecule has 1 aromatic carbocycles. The van der Waals surface area contributed by atoms with Crippen molar-refractivity contribution in [1.29, 1.82) is 0 Å². The van der Waals surface area contributed by atoms with Crippen LogP contribution in [0.2, 0.25) is 0 Å². The maximum absolute atomic E-state index is 13.7. The van der Waals surface area contributed by atoms with Gasteiger partial charge in [-0.15, -0.1) is 0 Å². The molecule has 15 heavy (non-hydrogen) atoms. The van der Waals surface area contributed by atoms with Crippen LogP contribution in [0.3, 0.4) is 0 Å². The van der Waals surface area contributed by atoms with Crippen molar-refractivity contribution in [2.24, 2.45) is 5.73 Å². The van der Waals surface area contributed by atoms with Gasteiger partial charge in [0.1, 0.15) is 11.6 Å². The summed E-state index contributed by atoms with van der Waals surface area (Å²) in [6.45, 7) is 2.43. The lowest BCUT2D eigenvalue weighted by atomic mass is 9.72. The lowest BCUT2D eigenvalue weighted by Gasteiger charge is -2.38. The van der Waals surface area contributed by atoms with E-state index in [4.69, 9.17) is 10.5 Å². The summed E-state index contributed by atoms with van der Waals surface area (Å²) in [6, 6.07) is 4.96. The molecule has 1 aromatic rings. The highest BCUT2D eigenvalue weighted by Gasteiger charge is 2.36. The van der Waals surface area contributed by atoms with Gasteiger partial charge in [-0.05, 0) is 32.3 Å². The molecular formula is C12H16FNO. The number of rotatable bonds is 3. The van der Waals surface area contributed by atoms with Crippen molar-refractivity contribution >= 4 is 0 Å². The molecule has 0 heterocycles. The molecule has 0 amide bonds. The highest BCUT2D eigenvalue weighted by Crippen LogP contribution is 2.40. The monoisotopic (exact) mass is 209 g/mol. The number of ether oxygens (including phenoxy) is 1. The fraction of sp³-hybridized carbons (Fsp3) is 0.500. The zero-order chi connectivity index (χ0) is 10.9. The number of hydrogen-bond donors (Lipinski definition) is 1. The van der Waals surface area contributed by atoms with Crippen molar-refractivity contribution in [2.45, 2.75) is 31.7 Å². The van der Waals surface area contributed by atoms with E-state index in [1.165, 1.54) is 6.07 Å². The number of hydrogen-bond acceptors (Lipinski definition) is 2. The van der Waals surface area contributed by atoms with E-state index >= 15 is 0 Å². The molecule has 0 atom stereocenters. The summed E-state index contributed by atoms with van der Waals surface area (Å²) < 4.78 is 19.0. The SMILES string of the molecule is CCOc1ccc(C2(N)CCC2)c(F)c1. The third-order valence-electron chi connectivity index (χ3n) is 3.03. The van der Waals surface area contributed by atoms with E-state index in [2.05, 4.69) is 0 Å². The van der Waals surface area contributed by atoms with Crippen molar-refractivity contribution in [3.05, 3.63) is 29.6 Å². The van der Waals surface area contributed by atoms with Crippen molar-refractivity contribution < 1.29 is 9.13 Å². The molecule has 0 saturated heterocycles. The molecule has 0 radical (unpaired) electrons. The zero-order valence-corrected chi connectivity index (χ0v) is 8.92. The molecule has 2 N–H and O–H groups in total. The van der Waals surface area contributed by atoms with Gasteiger partial charge in [-0.3, -0.25) is 0 Å². The smallest absolute Gasteiger partial charge is 0.131 e. The highest BCUT2D eigenvalue weighted by molar-refractivity contribution is 5.34. The van der Waals surface area contributed by atoms with Crippen molar-refractivity contribution in [3.8, 4) is 5.75 Å².